The normalized spacial score (nSPS) is 23.6. The Morgan fingerprint density at radius 3 is 2.12 bits per heavy atom. The molecule has 0 unspecified atom stereocenters. The molecular formula is C7H15O+. The highest BCUT2D eigenvalue weighted by Crippen LogP contribution is 2.11. The largest absolute Gasteiger partial charge is 0.422 e. The van der Waals surface area contributed by atoms with Gasteiger partial charge in [0.25, 0.3) is 0 Å². The molecule has 1 heteroatoms. The van der Waals surface area contributed by atoms with Crippen LogP contribution >= 0.6 is 0 Å². The first-order valence-corrected chi connectivity index (χ1v) is 3.57. The van der Waals surface area contributed by atoms with Gasteiger partial charge in [-0.2, -0.15) is 0 Å². The van der Waals surface area contributed by atoms with E-state index >= 15 is 0 Å². The molecule has 0 aromatic rings. The molecule has 1 nitrogen and oxygen atoms in total. The zero-order chi connectivity index (χ0) is 5.82. The van der Waals surface area contributed by atoms with E-state index in [2.05, 4.69) is 11.3 Å². The zero-order valence-corrected chi connectivity index (χ0v) is 5.65. The summed E-state index contributed by atoms with van der Waals surface area (Å²) in [6.45, 7) is 5.89. The van der Waals surface area contributed by atoms with Crippen LogP contribution < -0.4 is 0 Å². The molecule has 0 aliphatic carbocycles. The maximum atomic E-state index is 3.23. The quantitative estimate of drug-likeness (QED) is 0.458. The van der Waals surface area contributed by atoms with Gasteiger partial charge in [0.2, 0.25) is 0 Å². The van der Waals surface area contributed by atoms with Crippen molar-refractivity contribution < 1.29 is 4.37 Å². The van der Waals surface area contributed by atoms with E-state index in [4.69, 9.17) is 0 Å². The lowest BCUT2D eigenvalue weighted by Gasteiger charge is -2.21. The molecule has 0 aromatic heterocycles. The number of rotatable bonds is 1. The average Bonchev–Trinajstić information content (AvgIpc) is 1.90. The molecule has 0 radical (unpaired) electrons. The van der Waals surface area contributed by atoms with E-state index in [0.717, 1.165) is 0 Å². The standard InChI is InChI=1S/C7H15O/c1-2-8-6-4-3-5-7-8/h2-7H2,1H3/q+1. The second-order valence-electron chi connectivity index (χ2n) is 2.37. The van der Waals surface area contributed by atoms with Gasteiger partial charge in [-0.15, -0.1) is 0 Å². The third-order valence-corrected chi connectivity index (χ3v) is 1.77. The van der Waals surface area contributed by atoms with E-state index < -0.39 is 0 Å². The predicted octanol–water partition coefficient (Wildman–Crippen LogP) is 1.74. The van der Waals surface area contributed by atoms with Gasteiger partial charge in [0, 0.05) is 19.8 Å². The van der Waals surface area contributed by atoms with Gasteiger partial charge in [-0.3, -0.25) is 0 Å². The van der Waals surface area contributed by atoms with Crippen LogP contribution in [0.4, 0.5) is 0 Å². The van der Waals surface area contributed by atoms with Gasteiger partial charge >= 0.3 is 0 Å². The van der Waals surface area contributed by atoms with Crippen molar-refractivity contribution in [1.82, 2.24) is 0 Å². The monoisotopic (exact) mass is 115 g/mol. The van der Waals surface area contributed by atoms with Crippen LogP contribution in [0.3, 0.4) is 0 Å². The lowest BCUT2D eigenvalue weighted by atomic mass is 10.2. The first kappa shape index (κ1) is 6.09. The van der Waals surface area contributed by atoms with Gasteiger partial charge < -0.3 is 4.37 Å². The van der Waals surface area contributed by atoms with Crippen LogP contribution in [-0.2, 0) is 4.37 Å². The van der Waals surface area contributed by atoms with Crippen LogP contribution in [0.5, 0.6) is 0 Å². The van der Waals surface area contributed by atoms with E-state index in [1.165, 1.54) is 39.1 Å². The minimum Gasteiger partial charge on any atom is -0.422 e. The summed E-state index contributed by atoms with van der Waals surface area (Å²) in [5, 5.41) is 0. The molecule has 1 saturated heterocycles. The van der Waals surface area contributed by atoms with Gasteiger partial charge in [0.1, 0.15) is 19.8 Å². The molecule has 1 fully saturated rings. The Balaban J connectivity index is 2.13. The molecule has 1 aliphatic heterocycles. The second kappa shape index (κ2) is 3.08. The molecule has 0 aromatic carbocycles. The van der Waals surface area contributed by atoms with Crippen molar-refractivity contribution in [3.05, 3.63) is 0 Å². The fourth-order valence-corrected chi connectivity index (χ4v) is 1.18. The average molecular weight is 115 g/mol. The zero-order valence-electron chi connectivity index (χ0n) is 5.65. The van der Waals surface area contributed by atoms with E-state index in [1.54, 1.807) is 0 Å². The lowest BCUT2D eigenvalue weighted by Crippen LogP contribution is -2.20. The topological polar surface area (TPSA) is 2.70 Å². The Morgan fingerprint density at radius 2 is 1.75 bits per heavy atom. The summed E-state index contributed by atoms with van der Waals surface area (Å²) in [5.74, 6) is 0. The van der Waals surface area contributed by atoms with Crippen LogP contribution in [0.25, 0.3) is 0 Å². The molecule has 0 saturated carbocycles. The summed E-state index contributed by atoms with van der Waals surface area (Å²) < 4.78 is 3.23. The van der Waals surface area contributed by atoms with Crippen molar-refractivity contribution in [3.63, 3.8) is 0 Å². The highest BCUT2D eigenvalue weighted by Gasteiger charge is 2.10. The van der Waals surface area contributed by atoms with Crippen molar-refractivity contribution >= 4 is 0 Å². The molecule has 0 atom stereocenters. The summed E-state index contributed by atoms with van der Waals surface area (Å²) >= 11 is 0. The fourth-order valence-electron chi connectivity index (χ4n) is 1.18. The molecule has 0 N–H and O–H groups in total. The first-order chi connectivity index (χ1) is 3.93. The van der Waals surface area contributed by atoms with Crippen molar-refractivity contribution in [2.24, 2.45) is 0 Å². The third kappa shape index (κ3) is 1.48. The van der Waals surface area contributed by atoms with Crippen molar-refractivity contribution in [1.29, 1.82) is 0 Å². The molecule has 1 heterocycles. The Labute approximate surface area is 51.4 Å². The van der Waals surface area contributed by atoms with Crippen molar-refractivity contribution in [2.75, 3.05) is 19.8 Å². The Morgan fingerprint density at radius 1 is 1.12 bits per heavy atom. The second-order valence-corrected chi connectivity index (χ2v) is 2.37. The number of hydrogen-bond acceptors (Lipinski definition) is 0. The summed E-state index contributed by atoms with van der Waals surface area (Å²) in [6, 6.07) is 0. The van der Waals surface area contributed by atoms with Crippen LogP contribution in [0.2, 0.25) is 0 Å². The molecule has 8 heavy (non-hydrogen) atoms. The SMILES string of the molecule is CC[O+]1CCCCC1. The van der Waals surface area contributed by atoms with Gasteiger partial charge in [-0.1, -0.05) is 0 Å². The summed E-state index contributed by atoms with van der Waals surface area (Å²) in [4.78, 5) is 0. The predicted molar refractivity (Wildman–Crippen MR) is 35.2 cm³/mol. The summed E-state index contributed by atoms with van der Waals surface area (Å²) in [7, 11) is 0. The van der Waals surface area contributed by atoms with Crippen LogP contribution in [-0.4, -0.2) is 19.8 Å². The van der Waals surface area contributed by atoms with Gasteiger partial charge in [0.15, 0.2) is 0 Å². The lowest BCUT2D eigenvalue weighted by molar-refractivity contribution is -0.151. The first-order valence-electron chi connectivity index (χ1n) is 3.57. The van der Waals surface area contributed by atoms with E-state index in [0.29, 0.717) is 0 Å². The van der Waals surface area contributed by atoms with E-state index in [1.807, 2.05) is 0 Å². The highest BCUT2D eigenvalue weighted by molar-refractivity contribution is 4.51. The van der Waals surface area contributed by atoms with Gasteiger partial charge in [-0.25, -0.2) is 0 Å². The molecule has 48 valence electrons. The highest BCUT2D eigenvalue weighted by atomic mass is 16.7. The molecule has 0 bridgehead atoms. The molecule has 0 amide bonds. The summed E-state index contributed by atoms with van der Waals surface area (Å²) in [5.41, 5.74) is 0. The minimum atomic E-state index is 1.17. The maximum absolute atomic E-state index is 3.23. The Bertz CT molecular complexity index is 55.4. The molecule has 1 rings (SSSR count). The van der Waals surface area contributed by atoms with Crippen molar-refractivity contribution in [2.45, 2.75) is 26.2 Å². The molecule has 0 spiro atoms. The molecule has 1 aliphatic rings. The van der Waals surface area contributed by atoms with E-state index in [9.17, 15) is 0 Å². The van der Waals surface area contributed by atoms with E-state index in [-0.39, 0.29) is 0 Å². The fraction of sp³-hybridized carbons (Fsp3) is 1.00. The third-order valence-electron chi connectivity index (χ3n) is 1.77. The van der Waals surface area contributed by atoms with Crippen molar-refractivity contribution in [3.8, 4) is 0 Å². The van der Waals surface area contributed by atoms with Gasteiger partial charge in [-0.05, 0) is 6.42 Å². The van der Waals surface area contributed by atoms with Crippen LogP contribution in [0.15, 0.2) is 0 Å². The Hall–Kier alpha value is -0.0400. The van der Waals surface area contributed by atoms with Crippen LogP contribution in [0.1, 0.15) is 26.2 Å². The number of hydrogen-bond donors (Lipinski definition) is 0. The Kier molecular flexibility index (Phi) is 2.34. The molecular weight excluding hydrogens is 100 g/mol. The van der Waals surface area contributed by atoms with Gasteiger partial charge in [0.05, 0.1) is 0 Å². The van der Waals surface area contributed by atoms with Crippen LogP contribution in [0, 0.1) is 0 Å². The maximum Gasteiger partial charge on any atom is 0.145 e. The minimum absolute atomic E-state index is 1.17. The summed E-state index contributed by atoms with van der Waals surface area (Å²) in [6.07, 6.45) is 4.21. The smallest absolute Gasteiger partial charge is 0.145 e.